The van der Waals surface area contributed by atoms with E-state index in [2.05, 4.69) is 0 Å². The van der Waals surface area contributed by atoms with Crippen LogP contribution in [0, 0.1) is 0 Å². The maximum absolute atomic E-state index is 11.8. The van der Waals surface area contributed by atoms with Crippen LogP contribution in [0.5, 0.6) is 0 Å². The van der Waals surface area contributed by atoms with Gasteiger partial charge in [0, 0.05) is 6.54 Å². The van der Waals surface area contributed by atoms with E-state index in [0.717, 1.165) is 19.3 Å². The SMILES string of the molecule is CCN(CC1(O)CCC1)C(=O)OC(C)(C)C. The molecule has 1 aliphatic carbocycles. The van der Waals surface area contributed by atoms with Crippen molar-refractivity contribution in [1.29, 1.82) is 0 Å². The van der Waals surface area contributed by atoms with E-state index in [0.29, 0.717) is 13.1 Å². The van der Waals surface area contributed by atoms with Crippen molar-refractivity contribution in [3.63, 3.8) is 0 Å². The average molecular weight is 229 g/mol. The Morgan fingerprint density at radius 1 is 1.44 bits per heavy atom. The van der Waals surface area contributed by atoms with E-state index in [1.165, 1.54) is 0 Å². The second-order valence-electron chi connectivity index (χ2n) is 5.57. The van der Waals surface area contributed by atoms with Gasteiger partial charge in [-0.3, -0.25) is 0 Å². The van der Waals surface area contributed by atoms with Crippen molar-refractivity contribution in [2.75, 3.05) is 13.1 Å². The Morgan fingerprint density at radius 2 is 2.00 bits per heavy atom. The summed E-state index contributed by atoms with van der Waals surface area (Å²) < 4.78 is 5.28. The molecule has 0 aromatic heterocycles. The van der Waals surface area contributed by atoms with Gasteiger partial charge in [0.15, 0.2) is 0 Å². The number of likely N-dealkylation sites (N-methyl/N-ethyl adjacent to an activating group) is 1. The van der Waals surface area contributed by atoms with Gasteiger partial charge < -0.3 is 14.7 Å². The summed E-state index contributed by atoms with van der Waals surface area (Å²) in [6.07, 6.45) is 2.27. The predicted molar refractivity (Wildman–Crippen MR) is 62.3 cm³/mol. The third-order valence-corrected chi connectivity index (χ3v) is 2.80. The third kappa shape index (κ3) is 3.67. The zero-order valence-corrected chi connectivity index (χ0v) is 10.7. The van der Waals surface area contributed by atoms with Gasteiger partial charge >= 0.3 is 6.09 Å². The standard InChI is InChI=1S/C12H23NO3/c1-5-13(9-12(15)7-6-8-12)10(14)16-11(2,3)4/h15H,5-9H2,1-4H3. The van der Waals surface area contributed by atoms with Crippen LogP contribution in [0.2, 0.25) is 0 Å². The van der Waals surface area contributed by atoms with Crippen molar-refractivity contribution >= 4 is 6.09 Å². The van der Waals surface area contributed by atoms with E-state index in [1.807, 2.05) is 27.7 Å². The lowest BCUT2D eigenvalue weighted by molar-refractivity contribution is -0.0621. The summed E-state index contributed by atoms with van der Waals surface area (Å²) in [4.78, 5) is 13.4. The maximum atomic E-state index is 11.8. The molecule has 0 radical (unpaired) electrons. The van der Waals surface area contributed by atoms with E-state index in [4.69, 9.17) is 4.74 Å². The maximum Gasteiger partial charge on any atom is 0.410 e. The van der Waals surface area contributed by atoms with Gasteiger partial charge in [0.25, 0.3) is 0 Å². The molecule has 16 heavy (non-hydrogen) atoms. The summed E-state index contributed by atoms with van der Waals surface area (Å²) in [5, 5.41) is 10.0. The van der Waals surface area contributed by atoms with Crippen LogP contribution in [0.25, 0.3) is 0 Å². The van der Waals surface area contributed by atoms with E-state index in [9.17, 15) is 9.90 Å². The molecule has 94 valence electrons. The lowest BCUT2D eigenvalue weighted by atomic mass is 9.80. The van der Waals surface area contributed by atoms with Crippen molar-refractivity contribution in [3.05, 3.63) is 0 Å². The Hall–Kier alpha value is -0.770. The zero-order valence-electron chi connectivity index (χ0n) is 10.7. The summed E-state index contributed by atoms with van der Waals surface area (Å²) >= 11 is 0. The molecule has 0 spiro atoms. The Balaban J connectivity index is 2.50. The van der Waals surface area contributed by atoms with Gasteiger partial charge in [-0.15, -0.1) is 0 Å². The summed E-state index contributed by atoms with van der Waals surface area (Å²) in [5.74, 6) is 0. The number of amides is 1. The van der Waals surface area contributed by atoms with Crippen LogP contribution >= 0.6 is 0 Å². The summed E-state index contributed by atoms with van der Waals surface area (Å²) in [5.41, 5.74) is -1.15. The van der Waals surface area contributed by atoms with Gasteiger partial charge in [0.2, 0.25) is 0 Å². The molecule has 1 saturated carbocycles. The first-order valence-corrected chi connectivity index (χ1v) is 5.96. The van der Waals surface area contributed by atoms with Gasteiger partial charge in [-0.05, 0) is 47.0 Å². The summed E-state index contributed by atoms with van der Waals surface area (Å²) in [6.45, 7) is 8.38. The highest BCUT2D eigenvalue weighted by Crippen LogP contribution is 2.32. The normalized spacial score (nSPS) is 18.8. The monoisotopic (exact) mass is 229 g/mol. The molecule has 0 saturated heterocycles. The fourth-order valence-corrected chi connectivity index (χ4v) is 1.73. The number of ether oxygens (including phenoxy) is 1. The molecule has 0 aromatic rings. The van der Waals surface area contributed by atoms with Crippen LogP contribution in [-0.4, -0.2) is 40.4 Å². The second kappa shape index (κ2) is 4.62. The first-order chi connectivity index (χ1) is 7.26. The molecule has 1 amide bonds. The molecule has 4 nitrogen and oxygen atoms in total. The molecule has 0 bridgehead atoms. The number of hydrogen-bond acceptors (Lipinski definition) is 3. The lowest BCUT2D eigenvalue weighted by Gasteiger charge is -2.40. The molecule has 1 rings (SSSR count). The lowest BCUT2D eigenvalue weighted by Crippen LogP contribution is -2.50. The Labute approximate surface area is 97.6 Å². The second-order valence-corrected chi connectivity index (χ2v) is 5.57. The predicted octanol–water partition coefficient (Wildman–Crippen LogP) is 2.16. The number of aliphatic hydroxyl groups is 1. The van der Waals surface area contributed by atoms with Crippen LogP contribution in [0.1, 0.15) is 47.0 Å². The molecule has 1 fully saturated rings. The molecule has 0 unspecified atom stereocenters. The molecule has 4 heteroatoms. The number of hydrogen-bond donors (Lipinski definition) is 1. The fraction of sp³-hybridized carbons (Fsp3) is 0.917. The van der Waals surface area contributed by atoms with Crippen molar-refractivity contribution in [1.82, 2.24) is 4.90 Å². The van der Waals surface area contributed by atoms with Crippen molar-refractivity contribution in [2.45, 2.75) is 58.2 Å². The molecular formula is C12H23NO3. The molecule has 0 atom stereocenters. The molecule has 0 heterocycles. The summed E-state index contributed by atoms with van der Waals surface area (Å²) in [6, 6.07) is 0. The number of carbonyl (C=O) groups excluding carboxylic acids is 1. The third-order valence-electron chi connectivity index (χ3n) is 2.80. The Bertz CT molecular complexity index is 253. The molecular weight excluding hydrogens is 206 g/mol. The van der Waals surface area contributed by atoms with Crippen molar-refractivity contribution in [2.24, 2.45) is 0 Å². The van der Waals surface area contributed by atoms with Crippen LogP contribution in [0.15, 0.2) is 0 Å². The quantitative estimate of drug-likeness (QED) is 0.806. The molecule has 0 aromatic carbocycles. The smallest absolute Gasteiger partial charge is 0.410 e. The van der Waals surface area contributed by atoms with E-state index < -0.39 is 11.2 Å². The Morgan fingerprint density at radius 3 is 2.31 bits per heavy atom. The number of nitrogens with zero attached hydrogens (tertiary/aromatic N) is 1. The molecule has 1 aliphatic rings. The fourth-order valence-electron chi connectivity index (χ4n) is 1.73. The minimum Gasteiger partial charge on any atom is -0.444 e. The van der Waals surface area contributed by atoms with Crippen LogP contribution in [-0.2, 0) is 4.74 Å². The largest absolute Gasteiger partial charge is 0.444 e. The van der Waals surface area contributed by atoms with E-state index in [-0.39, 0.29) is 6.09 Å². The number of rotatable bonds is 3. The van der Waals surface area contributed by atoms with Gasteiger partial charge in [0.05, 0.1) is 12.1 Å². The van der Waals surface area contributed by atoms with Gasteiger partial charge in [-0.2, -0.15) is 0 Å². The highest BCUT2D eigenvalue weighted by atomic mass is 16.6. The van der Waals surface area contributed by atoms with Gasteiger partial charge in [-0.1, -0.05) is 0 Å². The van der Waals surface area contributed by atoms with Crippen LogP contribution in [0.4, 0.5) is 4.79 Å². The van der Waals surface area contributed by atoms with Crippen LogP contribution < -0.4 is 0 Å². The first-order valence-electron chi connectivity index (χ1n) is 5.96. The van der Waals surface area contributed by atoms with E-state index >= 15 is 0 Å². The average Bonchev–Trinajstić information content (AvgIpc) is 2.08. The highest BCUT2D eigenvalue weighted by molar-refractivity contribution is 5.68. The van der Waals surface area contributed by atoms with Crippen LogP contribution in [0.3, 0.4) is 0 Å². The first kappa shape index (κ1) is 13.3. The topological polar surface area (TPSA) is 49.8 Å². The number of carbonyl (C=O) groups is 1. The Kier molecular flexibility index (Phi) is 3.84. The zero-order chi connectivity index (χ0) is 12.4. The minimum absolute atomic E-state index is 0.338. The van der Waals surface area contributed by atoms with E-state index in [1.54, 1.807) is 4.90 Å². The molecule has 1 N–H and O–H groups in total. The minimum atomic E-state index is -0.674. The van der Waals surface area contributed by atoms with Gasteiger partial charge in [0.1, 0.15) is 5.60 Å². The van der Waals surface area contributed by atoms with Crippen molar-refractivity contribution in [3.8, 4) is 0 Å². The van der Waals surface area contributed by atoms with Crippen molar-refractivity contribution < 1.29 is 14.6 Å². The highest BCUT2D eigenvalue weighted by Gasteiger charge is 2.37. The molecule has 0 aliphatic heterocycles. The van der Waals surface area contributed by atoms with Gasteiger partial charge in [-0.25, -0.2) is 4.79 Å². The summed E-state index contributed by atoms with van der Waals surface area (Å²) in [7, 11) is 0.